The largest absolute Gasteiger partial charge is 0.330 e. The van der Waals surface area contributed by atoms with Crippen LogP contribution in [0.15, 0.2) is 12.5 Å². The molecule has 0 spiro atoms. The molecule has 1 aliphatic rings. The molecule has 1 aromatic rings. The van der Waals surface area contributed by atoms with Gasteiger partial charge in [0, 0.05) is 18.8 Å². The molecule has 0 aliphatic heterocycles. The van der Waals surface area contributed by atoms with Crippen LogP contribution in [0.1, 0.15) is 51.8 Å². The van der Waals surface area contributed by atoms with Crippen molar-refractivity contribution in [1.82, 2.24) is 14.9 Å². The summed E-state index contributed by atoms with van der Waals surface area (Å²) in [4.78, 5) is 4.30. The average molecular weight is 235 g/mol. The van der Waals surface area contributed by atoms with Gasteiger partial charge < -0.3 is 9.88 Å². The second-order valence-electron chi connectivity index (χ2n) is 5.67. The van der Waals surface area contributed by atoms with Crippen LogP contribution < -0.4 is 5.32 Å². The molecule has 0 aromatic carbocycles. The van der Waals surface area contributed by atoms with E-state index in [2.05, 4.69) is 35.6 Å². The molecule has 0 radical (unpaired) electrons. The van der Waals surface area contributed by atoms with Gasteiger partial charge in [0.05, 0.1) is 12.0 Å². The minimum absolute atomic E-state index is 0.708. The zero-order valence-electron chi connectivity index (χ0n) is 11.3. The Kier molecular flexibility index (Phi) is 4.21. The first-order valence-corrected chi connectivity index (χ1v) is 6.93. The Morgan fingerprint density at radius 2 is 2.35 bits per heavy atom. The summed E-state index contributed by atoms with van der Waals surface area (Å²) in [6.45, 7) is 8.78. The fraction of sp³-hybridized carbons (Fsp3) is 0.786. The van der Waals surface area contributed by atoms with Crippen molar-refractivity contribution < 1.29 is 0 Å². The molecule has 1 aliphatic carbocycles. The van der Waals surface area contributed by atoms with Gasteiger partial charge in [-0.05, 0) is 31.2 Å². The molecule has 1 fully saturated rings. The molecule has 0 saturated heterocycles. The quantitative estimate of drug-likeness (QED) is 0.787. The third-order valence-corrected chi connectivity index (χ3v) is 3.51. The van der Waals surface area contributed by atoms with E-state index >= 15 is 0 Å². The van der Waals surface area contributed by atoms with E-state index in [0.29, 0.717) is 5.92 Å². The molecule has 0 amide bonds. The Hall–Kier alpha value is -0.830. The van der Waals surface area contributed by atoms with Crippen molar-refractivity contribution in [2.45, 2.75) is 52.6 Å². The van der Waals surface area contributed by atoms with Crippen molar-refractivity contribution in [2.24, 2.45) is 11.8 Å². The molecule has 0 bridgehead atoms. The highest BCUT2D eigenvalue weighted by Crippen LogP contribution is 2.46. The molecule has 96 valence electrons. The van der Waals surface area contributed by atoms with Gasteiger partial charge in [-0.15, -0.1) is 0 Å². The van der Waals surface area contributed by atoms with Gasteiger partial charge in [0.15, 0.2) is 0 Å². The first kappa shape index (κ1) is 12.6. The van der Waals surface area contributed by atoms with Gasteiger partial charge in [-0.25, -0.2) is 4.98 Å². The second-order valence-corrected chi connectivity index (χ2v) is 5.67. The molecule has 2 unspecified atom stereocenters. The fourth-order valence-corrected chi connectivity index (χ4v) is 2.51. The van der Waals surface area contributed by atoms with Crippen molar-refractivity contribution in [3.8, 4) is 0 Å². The smallest absolute Gasteiger partial charge is 0.0951 e. The number of hydrogen-bond acceptors (Lipinski definition) is 2. The molecular weight excluding hydrogens is 210 g/mol. The van der Waals surface area contributed by atoms with Gasteiger partial charge in [-0.1, -0.05) is 27.2 Å². The van der Waals surface area contributed by atoms with Gasteiger partial charge in [-0.3, -0.25) is 0 Å². The zero-order chi connectivity index (χ0) is 12.3. The number of aromatic nitrogens is 2. The van der Waals surface area contributed by atoms with Crippen LogP contribution >= 0.6 is 0 Å². The van der Waals surface area contributed by atoms with E-state index in [0.717, 1.165) is 25.0 Å². The van der Waals surface area contributed by atoms with Crippen molar-refractivity contribution >= 4 is 0 Å². The zero-order valence-corrected chi connectivity index (χ0v) is 11.3. The normalized spacial score (nSPS) is 23.3. The lowest BCUT2D eigenvalue weighted by Crippen LogP contribution is -2.20. The van der Waals surface area contributed by atoms with Gasteiger partial charge >= 0.3 is 0 Å². The SMILES string of the molecule is CCCC1CC1n1cncc1CNCC(C)C. The van der Waals surface area contributed by atoms with E-state index in [4.69, 9.17) is 0 Å². The summed E-state index contributed by atoms with van der Waals surface area (Å²) in [5.41, 5.74) is 1.34. The first-order valence-electron chi connectivity index (χ1n) is 6.93. The molecule has 3 heteroatoms. The lowest BCUT2D eigenvalue weighted by Gasteiger charge is -2.10. The maximum absolute atomic E-state index is 4.30. The third-order valence-electron chi connectivity index (χ3n) is 3.51. The van der Waals surface area contributed by atoms with Crippen LogP contribution in [0.25, 0.3) is 0 Å². The summed E-state index contributed by atoms with van der Waals surface area (Å²) in [7, 11) is 0. The van der Waals surface area contributed by atoms with Crippen LogP contribution in [0.2, 0.25) is 0 Å². The lowest BCUT2D eigenvalue weighted by molar-refractivity contribution is 0.526. The molecule has 3 nitrogen and oxygen atoms in total. The summed E-state index contributed by atoms with van der Waals surface area (Å²) in [6, 6.07) is 0.730. The summed E-state index contributed by atoms with van der Waals surface area (Å²) >= 11 is 0. The molecule has 1 aromatic heterocycles. The molecule has 2 rings (SSSR count). The van der Waals surface area contributed by atoms with Gasteiger partial charge in [0.1, 0.15) is 0 Å². The molecule has 1 N–H and O–H groups in total. The summed E-state index contributed by atoms with van der Waals surface area (Å²) in [5, 5.41) is 3.50. The Morgan fingerprint density at radius 1 is 1.53 bits per heavy atom. The number of imidazole rings is 1. The minimum atomic E-state index is 0.708. The van der Waals surface area contributed by atoms with Gasteiger partial charge in [-0.2, -0.15) is 0 Å². The van der Waals surface area contributed by atoms with Crippen molar-refractivity contribution in [1.29, 1.82) is 0 Å². The van der Waals surface area contributed by atoms with Gasteiger partial charge in [0.2, 0.25) is 0 Å². The second kappa shape index (κ2) is 5.67. The van der Waals surface area contributed by atoms with Crippen LogP contribution in [0.5, 0.6) is 0 Å². The topological polar surface area (TPSA) is 29.9 Å². The third kappa shape index (κ3) is 3.32. The van der Waals surface area contributed by atoms with E-state index in [9.17, 15) is 0 Å². The summed E-state index contributed by atoms with van der Waals surface area (Å²) < 4.78 is 2.38. The Bertz CT molecular complexity index is 343. The fourth-order valence-electron chi connectivity index (χ4n) is 2.51. The predicted molar refractivity (Wildman–Crippen MR) is 70.8 cm³/mol. The van der Waals surface area contributed by atoms with Gasteiger partial charge in [0.25, 0.3) is 0 Å². The van der Waals surface area contributed by atoms with E-state index in [1.54, 1.807) is 0 Å². The maximum atomic E-state index is 4.30. The average Bonchev–Trinajstić information content (AvgIpc) is 2.88. The predicted octanol–water partition coefficient (Wildman–Crippen LogP) is 2.99. The molecule has 17 heavy (non-hydrogen) atoms. The molecular formula is C14H25N3. The maximum Gasteiger partial charge on any atom is 0.0951 e. The summed E-state index contributed by atoms with van der Waals surface area (Å²) in [5.74, 6) is 1.61. The standard InChI is InChI=1S/C14H25N3/c1-4-5-12-6-14(12)17-10-16-9-13(17)8-15-7-11(2)3/h9-12,14-15H,4-8H2,1-3H3. The van der Waals surface area contributed by atoms with Crippen LogP contribution in [-0.2, 0) is 6.54 Å². The van der Waals surface area contributed by atoms with E-state index in [1.807, 2.05) is 12.5 Å². The van der Waals surface area contributed by atoms with Crippen molar-refractivity contribution in [3.05, 3.63) is 18.2 Å². The first-order chi connectivity index (χ1) is 8.22. The highest BCUT2D eigenvalue weighted by molar-refractivity contribution is 5.05. The van der Waals surface area contributed by atoms with Crippen molar-refractivity contribution in [2.75, 3.05) is 6.54 Å². The molecule has 1 saturated carbocycles. The van der Waals surface area contributed by atoms with Crippen LogP contribution in [0.4, 0.5) is 0 Å². The molecule has 1 heterocycles. The van der Waals surface area contributed by atoms with E-state index in [-0.39, 0.29) is 0 Å². The van der Waals surface area contributed by atoms with Crippen LogP contribution in [0.3, 0.4) is 0 Å². The highest BCUT2D eigenvalue weighted by Gasteiger charge is 2.38. The number of nitrogens with one attached hydrogen (secondary N) is 1. The monoisotopic (exact) mass is 235 g/mol. The van der Waals surface area contributed by atoms with Crippen LogP contribution in [-0.4, -0.2) is 16.1 Å². The number of hydrogen-bond donors (Lipinski definition) is 1. The molecule has 2 atom stereocenters. The highest BCUT2D eigenvalue weighted by atomic mass is 15.1. The Labute approximate surface area is 105 Å². The Morgan fingerprint density at radius 3 is 3.06 bits per heavy atom. The Balaban J connectivity index is 1.85. The van der Waals surface area contributed by atoms with E-state index < -0.39 is 0 Å². The van der Waals surface area contributed by atoms with Crippen molar-refractivity contribution in [3.63, 3.8) is 0 Å². The number of nitrogens with zero attached hydrogens (tertiary/aromatic N) is 2. The van der Waals surface area contributed by atoms with Crippen LogP contribution in [0, 0.1) is 11.8 Å². The minimum Gasteiger partial charge on any atom is -0.330 e. The number of rotatable bonds is 7. The summed E-state index contributed by atoms with van der Waals surface area (Å²) in [6.07, 6.45) is 8.03. The lowest BCUT2D eigenvalue weighted by atomic mass is 10.2. The van der Waals surface area contributed by atoms with E-state index in [1.165, 1.54) is 25.0 Å².